The molecule has 0 saturated carbocycles. The molecule has 1 aromatic heterocycles. The molecule has 0 radical (unpaired) electrons. The van der Waals surface area contributed by atoms with Crippen LogP contribution in [0.25, 0.3) is 0 Å². The van der Waals surface area contributed by atoms with Crippen molar-refractivity contribution in [3.05, 3.63) is 41.6 Å². The first kappa shape index (κ1) is 24.7. The lowest BCUT2D eigenvalue weighted by Crippen LogP contribution is -2.31. The molecule has 13 nitrogen and oxygen atoms in total. The molecule has 0 spiro atoms. The average Bonchev–Trinajstić information content (AvgIpc) is 3.13. The van der Waals surface area contributed by atoms with E-state index in [1.54, 1.807) is 0 Å². The van der Waals surface area contributed by atoms with E-state index in [0.29, 0.717) is 5.69 Å². The predicted molar refractivity (Wildman–Crippen MR) is 119 cm³/mol. The minimum absolute atomic E-state index is 0.00536. The van der Waals surface area contributed by atoms with Gasteiger partial charge in [-0.1, -0.05) is 0 Å². The predicted octanol–water partition coefficient (Wildman–Crippen LogP) is -0.0319. The zero-order valence-corrected chi connectivity index (χ0v) is 19.4. The SMILES string of the molecule is COC(=O)C1=C(Nc2ccc(S(=O)(=O)Nc3cc(OC)nc(OC)n3)cc2)C(=O)N(CCO)C1. The topological polar surface area (TPSA) is 169 Å². The molecule has 1 aliphatic rings. The van der Waals surface area contributed by atoms with E-state index in [9.17, 15) is 18.0 Å². The number of aliphatic hydroxyl groups excluding tert-OH is 1. The van der Waals surface area contributed by atoms with Gasteiger partial charge in [0.05, 0.1) is 44.9 Å². The summed E-state index contributed by atoms with van der Waals surface area (Å²) >= 11 is 0. The third-order valence-corrected chi connectivity index (χ3v) is 6.07. The Morgan fingerprint density at radius 3 is 2.44 bits per heavy atom. The van der Waals surface area contributed by atoms with Gasteiger partial charge in [-0.2, -0.15) is 9.97 Å². The Kier molecular flexibility index (Phi) is 7.53. The molecule has 3 rings (SSSR count). The van der Waals surface area contributed by atoms with Crippen LogP contribution in [0.15, 0.2) is 46.5 Å². The number of rotatable bonds is 10. The van der Waals surface area contributed by atoms with Crippen molar-refractivity contribution in [2.45, 2.75) is 4.90 Å². The molecular formula is C20H23N5O8S. The number of ether oxygens (including phenoxy) is 3. The fourth-order valence-corrected chi connectivity index (χ4v) is 4.05. The van der Waals surface area contributed by atoms with Gasteiger partial charge in [-0.15, -0.1) is 0 Å². The van der Waals surface area contributed by atoms with Crippen molar-refractivity contribution in [1.82, 2.24) is 14.9 Å². The minimum Gasteiger partial charge on any atom is -0.481 e. The molecule has 2 aromatic rings. The number of esters is 1. The Bertz CT molecular complexity index is 1190. The Morgan fingerprint density at radius 1 is 1.15 bits per heavy atom. The molecule has 0 atom stereocenters. The second kappa shape index (κ2) is 10.4. The average molecular weight is 493 g/mol. The second-order valence-electron chi connectivity index (χ2n) is 6.83. The number of anilines is 2. The number of hydrogen-bond acceptors (Lipinski definition) is 11. The summed E-state index contributed by atoms with van der Waals surface area (Å²) in [6.45, 7) is -0.236. The number of methoxy groups -OCH3 is 3. The number of β-amino-alcohol motifs (C(OH)–C–C–N with tert-alkyl or cyclic N) is 1. The number of hydrogen-bond donors (Lipinski definition) is 3. The van der Waals surface area contributed by atoms with E-state index in [0.717, 1.165) is 0 Å². The number of nitrogens with one attached hydrogen (secondary N) is 2. The van der Waals surface area contributed by atoms with Crippen molar-refractivity contribution in [2.75, 3.05) is 51.1 Å². The molecule has 0 fully saturated rings. The zero-order chi connectivity index (χ0) is 24.9. The number of sulfonamides is 1. The molecule has 3 N–H and O–H groups in total. The van der Waals surface area contributed by atoms with Gasteiger partial charge in [-0.3, -0.25) is 9.52 Å². The molecule has 1 aliphatic heterocycles. The maximum absolute atomic E-state index is 12.8. The summed E-state index contributed by atoms with van der Waals surface area (Å²) in [5.74, 6) is -1.12. The lowest BCUT2D eigenvalue weighted by molar-refractivity contribution is -0.136. The van der Waals surface area contributed by atoms with Crippen molar-refractivity contribution in [2.24, 2.45) is 0 Å². The van der Waals surface area contributed by atoms with E-state index >= 15 is 0 Å². The number of carbonyl (C=O) groups excluding carboxylic acids is 2. The van der Waals surface area contributed by atoms with Crippen LogP contribution in [-0.2, 0) is 24.3 Å². The van der Waals surface area contributed by atoms with E-state index in [4.69, 9.17) is 19.3 Å². The summed E-state index contributed by atoms with van der Waals surface area (Å²) in [5.41, 5.74) is 0.458. The van der Waals surface area contributed by atoms with Crippen LogP contribution in [0.2, 0.25) is 0 Å². The van der Waals surface area contributed by atoms with Gasteiger partial charge in [0.2, 0.25) is 5.88 Å². The van der Waals surface area contributed by atoms with Crippen LogP contribution in [0.4, 0.5) is 11.5 Å². The maximum Gasteiger partial charge on any atom is 0.337 e. The van der Waals surface area contributed by atoms with Crippen LogP contribution in [-0.4, -0.2) is 81.3 Å². The zero-order valence-electron chi connectivity index (χ0n) is 18.6. The van der Waals surface area contributed by atoms with Crippen LogP contribution < -0.4 is 19.5 Å². The molecule has 0 aliphatic carbocycles. The molecule has 2 heterocycles. The standard InChI is InChI=1S/C20H23N5O8S/c1-31-16-10-15(22-20(23-16)33-3)24-34(29,30)13-6-4-12(5-7-13)21-17-14(19(28)32-2)11-25(8-9-26)18(17)27/h4-7,10,21,26H,8-9,11H2,1-3H3,(H,22,23,24). The number of carbonyl (C=O) groups is 2. The van der Waals surface area contributed by atoms with E-state index in [1.807, 2.05) is 0 Å². The van der Waals surface area contributed by atoms with Gasteiger partial charge in [0.15, 0.2) is 5.82 Å². The lowest BCUT2D eigenvalue weighted by Gasteiger charge is -2.15. The summed E-state index contributed by atoms with van der Waals surface area (Å²) in [5, 5.41) is 12.0. The fourth-order valence-electron chi connectivity index (χ4n) is 3.06. The van der Waals surface area contributed by atoms with E-state index in [1.165, 1.54) is 56.6 Å². The number of nitrogens with zero attached hydrogens (tertiary/aromatic N) is 3. The summed E-state index contributed by atoms with van der Waals surface area (Å²) < 4.78 is 42.5. The van der Waals surface area contributed by atoms with Crippen LogP contribution in [0.5, 0.6) is 11.9 Å². The molecule has 182 valence electrons. The first-order valence-corrected chi connectivity index (χ1v) is 11.3. The van der Waals surface area contributed by atoms with Crippen LogP contribution in [0.1, 0.15) is 0 Å². The monoisotopic (exact) mass is 493 g/mol. The number of aromatic nitrogens is 2. The van der Waals surface area contributed by atoms with Crippen molar-refractivity contribution < 1.29 is 37.3 Å². The van der Waals surface area contributed by atoms with Gasteiger partial charge in [-0.25, -0.2) is 13.2 Å². The highest BCUT2D eigenvalue weighted by molar-refractivity contribution is 7.92. The molecule has 34 heavy (non-hydrogen) atoms. The molecule has 14 heteroatoms. The lowest BCUT2D eigenvalue weighted by atomic mass is 10.2. The van der Waals surface area contributed by atoms with Crippen molar-refractivity contribution in [1.29, 1.82) is 0 Å². The van der Waals surface area contributed by atoms with Crippen LogP contribution in [0, 0.1) is 0 Å². The summed E-state index contributed by atoms with van der Waals surface area (Å²) in [6.07, 6.45) is 0. The molecule has 0 bridgehead atoms. The third-order valence-electron chi connectivity index (χ3n) is 4.70. The molecule has 0 unspecified atom stereocenters. The Balaban J connectivity index is 1.81. The molecular weight excluding hydrogens is 470 g/mol. The Labute approximate surface area is 195 Å². The minimum atomic E-state index is -4.03. The third kappa shape index (κ3) is 5.35. The van der Waals surface area contributed by atoms with Crippen LogP contribution in [0.3, 0.4) is 0 Å². The quantitative estimate of drug-likeness (QED) is 0.380. The van der Waals surface area contributed by atoms with Gasteiger partial charge < -0.3 is 29.5 Å². The number of aliphatic hydroxyl groups is 1. The van der Waals surface area contributed by atoms with E-state index in [2.05, 4.69) is 20.0 Å². The highest BCUT2D eigenvalue weighted by Gasteiger charge is 2.34. The Hall–Kier alpha value is -3.91. The normalized spacial score (nSPS) is 13.6. The van der Waals surface area contributed by atoms with E-state index < -0.39 is 21.9 Å². The van der Waals surface area contributed by atoms with Crippen molar-refractivity contribution in [3.63, 3.8) is 0 Å². The van der Waals surface area contributed by atoms with Gasteiger partial charge in [0.25, 0.3) is 15.9 Å². The van der Waals surface area contributed by atoms with Crippen LogP contribution >= 0.6 is 0 Å². The highest BCUT2D eigenvalue weighted by atomic mass is 32.2. The first-order valence-electron chi connectivity index (χ1n) is 9.81. The van der Waals surface area contributed by atoms with Crippen molar-refractivity contribution >= 4 is 33.4 Å². The largest absolute Gasteiger partial charge is 0.481 e. The molecule has 1 aromatic carbocycles. The summed E-state index contributed by atoms with van der Waals surface area (Å²) in [7, 11) is -0.137. The number of benzene rings is 1. The maximum atomic E-state index is 12.8. The number of amides is 1. The molecule has 1 amide bonds. The fraction of sp³-hybridized carbons (Fsp3) is 0.300. The van der Waals surface area contributed by atoms with Gasteiger partial charge in [0.1, 0.15) is 5.70 Å². The van der Waals surface area contributed by atoms with Gasteiger partial charge in [0, 0.05) is 18.3 Å². The summed E-state index contributed by atoms with van der Waals surface area (Å²) in [4.78, 5) is 33.7. The summed E-state index contributed by atoms with van der Waals surface area (Å²) in [6, 6.07) is 6.69. The van der Waals surface area contributed by atoms with Gasteiger partial charge >= 0.3 is 12.0 Å². The first-order chi connectivity index (χ1) is 16.2. The highest BCUT2D eigenvalue weighted by Crippen LogP contribution is 2.25. The van der Waals surface area contributed by atoms with E-state index in [-0.39, 0.29) is 53.6 Å². The Morgan fingerprint density at radius 2 is 1.85 bits per heavy atom. The van der Waals surface area contributed by atoms with Crippen molar-refractivity contribution in [3.8, 4) is 11.9 Å². The second-order valence-corrected chi connectivity index (χ2v) is 8.51. The molecule has 0 saturated heterocycles. The smallest absolute Gasteiger partial charge is 0.337 e. The van der Waals surface area contributed by atoms with Gasteiger partial charge in [-0.05, 0) is 24.3 Å².